The summed E-state index contributed by atoms with van der Waals surface area (Å²) in [5.41, 5.74) is 0.689. The van der Waals surface area contributed by atoms with Crippen molar-refractivity contribution in [3.05, 3.63) is 12.0 Å². The smallest absolute Gasteiger partial charge is 0.356 e. The molecule has 72 valence electrons. The van der Waals surface area contributed by atoms with Crippen LogP contribution in [0.1, 0.15) is 10.5 Å². The number of rotatable bonds is 2. The second-order valence-electron chi connectivity index (χ2n) is 2.47. The Labute approximate surface area is 82.8 Å². The van der Waals surface area contributed by atoms with Gasteiger partial charge in [0.1, 0.15) is 5.52 Å². The third-order valence-electron chi connectivity index (χ3n) is 1.65. The van der Waals surface area contributed by atoms with Gasteiger partial charge in [0.05, 0.1) is 6.33 Å². The number of nitrogens with zero attached hydrogens (tertiary/aromatic N) is 3. The van der Waals surface area contributed by atoms with Crippen LogP contribution in [-0.4, -0.2) is 37.3 Å². The van der Waals surface area contributed by atoms with E-state index in [1.807, 2.05) is 0 Å². The lowest BCUT2D eigenvalue weighted by atomic mass is 10.4. The van der Waals surface area contributed by atoms with Crippen LogP contribution in [0, 0.1) is 0 Å². The number of carbonyl (C=O) groups is 1. The number of aromatic nitrogens is 4. The lowest BCUT2D eigenvalue weighted by molar-refractivity contribution is 0.0691. The molecule has 0 fully saturated rings. The minimum Gasteiger partial charge on any atom is -0.476 e. The normalized spacial score (nSPS) is 10.6. The van der Waals surface area contributed by atoms with Crippen molar-refractivity contribution in [3.8, 4) is 0 Å². The van der Waals surface area contributed by atoms with E-state index in [1.165, 1.54) is 18.1 Å². The van der Waals surface area contributed by atoms with Gasteiger partial charge in [0, 0.05) is 0 Å². The summed E-state index contributed by atoms with van der Waals surface area (Å²) in [5.74, 6) is -1.09. The van der Waals surface area contributed by atoms with Crippen LogP contribution in [-0.2, 0) is 0 Å². The number of nitrogens with one attached hydrogen (secondary N) is 1. The quantitative estimate of drug-likeness (QED) is 0.562. The average molecular weight is 210 g/mol. The van der Waals surface area contributed by atoms with Crippen molar-refractivity contribution in [1.29, 1.82) is 0 Å². The molecule has 0 saturated carbocycles. The first kappa shape index (κ1) is 8.95. The van der Waals surface area contributed by atoms with E-state index in [9.17, 15) is 4.79 Å². The SMILES string of the molecule is CSc1nc(C(=O)O)c2[nH]cnc2n1. The fourth-order valence-corrected chi connectivity index (χ4v) is 1.42. The van der Waals surface area contributed by atoms with Gasteiger partial charge in [-0.2, -0.15) is 0 Å². The standard InChI is InChI=1S/C7H6N4O2S/c1-14-7-10-4(6(12)13)3-5(11-7)9-2-8-3/h2H,1H3,(H,12,13)(H,8,9,10,11). The highest BCUT2D eigenvalue weighted by molar-refractivity contribution is 7.98. The predicted molar refractivity (Wildman–Crippen MR) is 50.4 cm³/mol. The monoisotopic (exact) mass is 210 g/mol. The van der Waals surface area contributed by atoms with E-state index in [0.717, 1.165) is 0 Å². The van der Waals surface area contributed by atoms with Crippen LogP contribution in [0.5, 0.6) is 0 Å². The third-order valence-corrected chi connectivity index (χ3v) is 2.20. The molecule has 0 aliphatic carbocycles. The van der Waals surface area contributed by atoms with Gasteiger partial charge >= 0.3 is 5.97 Å². The average Bonchev–Trinajstić information content (AvgIpc) is 2.63. The molecule has 0 amide bonds. The third kappa shape index (κ3) is 1.31. The van der Waals surface area contributed by atoms with Crippen LogP contribution in [0.15, 0.2) is 11.5 Å². The number of hydrogen-bond donors (Lipinski definition) is 2. The molecule has 6 nitrogen and oxygen atoms in total. The Hall–Kier alpha value is -1.63. The molecule has 7 heteroatoms. The Morgan fingerprint density at radius 1 is 1.57 bits per heavy atom. The van der Waals surface area contributed by atoms with E-state index in [4.69, 9.17) is 5.11 Å². The fraction of sp³-hybridized carbons (Fsp3) is 0.143. The minimum atomic E-state index is -1.09. The first-order valence-corrected chi connectivity index (χ1v) is 4.93. The van der Waals surface area contributed by atoms with Crippen molar-refractivity contribution in [3.63, 3.8) is 0 Å². The first-order chi connectivity index (χ1) is 6.72. The largest absolute Gasteiger partial charge is 0.476 e. The van der Waals surface area contributed by atoms with Gasteiger partial charge in [-0.3, -0.25) is 0 Å². The predicted octanol–water partition coefficient (Wildman–Crippen LogP) is 0.773. The van der Waals surface area contributed by atoms with Gasteiger partial charge in [0.15, 0.2) is 16.5 Å². The Balaban J connectivity index is 2.76. The van der Waals surface area contributed by atoms with E-state index < -0.39 is 5.97 Å². The van der Waals surface area contributed by atoms with E-state index in [1.54, 1.807) is 6.26 Å². The number of H-pyrrole nitrogens is 1. The molecule has 0 atom stereocenters. The second kappa shape index (κ2) is 3.26. The topological polar surface area (TPSA) is 91.8 Å². The number of thioether (sulfide) groups is 1. The molecule has 2 rings (SSSR count). The van der Waals surface area contributed by atoms with Crippen molar-refractivity contribution in [2.45, 2.75) is 5.16 Å². The van der Waals surface area contributed by atoms with Gasteiger partial charge < -0.3 is 10.1 Å². The molecule has 2 heterocycles. The zero-order chi connectivity index (χ0) is 10.1. The Kier molecular flexibility index (Phi) is 2.08. The highest BCUT2D eigenvalue weighted by Gasteiger charge is 2.14. The van der Waals surface area contributed by atoms with Crippen molar-refractivity contribution in [2.24, 2.45) is 0 Å². The molecule has 0 spiro atoms. The number of aromatic amines is 1. The van der Waals surface area contributed by atoms with Gasteiger partial charge in [0.2, 0.25) is 0 Å². The fourth-order valence-electron chi connectivity index (χ4n) is 1.06. The number of carboxylic acids is 1. The summed E-state index contributed by atoms with van der Waals surface area (Å²) in [6, 6.07) is 0. The van der Waals surface area contributed by atoms with Crippen LogP contribution in [0.4, 0.5) is 0 Å². The summed E-state index contributed by atoms with van der Waals surface area (Å²) in [5, 5.41) is 9.28. The van der Waals surface area contributed by atoms with Crippen molar-refractivity contribution >= 4 is 28.9 Å². The lowest BCUT2D eigenvalue weighted by Gasteiger charge is -1.98. The molecule has 14 heavy (non-hydrogen) atoms. The second-order valence-corrected chi connectivity index (χ2v) is 3.24. The van der Waals surface area contributed by atoms with E-state index >= 15 is 0 Å². The number of carboxylic acid groups (broad SMARTS) is 1. The molecule has 0 saturated heterocycles. The molecular weight excluding hydrogens is 204 g/mol. The van der Waals surface area contributed by atoms with E-state index in [-0.39, 0.29) is 5.69 Å². The van der Waals surface area contributed by atoms with E-state index in [0.29, 0.717) is 16.3 Å². The van der Waals surface area contributed by atoms with Gasteiger partial charge in [-0.15, -0.1) is 0 Å². The van der Waals surface area contributed by atoms with Crippen LogP contribution < -0.4 is 0 Å². The number of hydrogen-bond acceptors (Lipinski definition) is 5. The van der Waals surface area contributed by atoms with Crippen molar-refractivity contribution in [2.75, 3.05) is 6.26 Å². The summed E-state index contributed by atoms with van der Waals surface area (Å²) in [6.07, 6.45) is 3.18. The molecule has 0 bridgehead atoms. The molecule has 2 aromatic heterocycles. The molecule has 0 unspecified atom stereocenters. The Bertz CT molecular complexity index is 495. The maximum atomic E-state index is 10.8. The van der Waals surface area contributed by atoms with E-state index in [2.05, 4.69) is 19.9 Å². The summed E-state index contributed by atoms with van der Waals surface area (Å²) >= 11 is 1.28. The lowest BCUT2D eigenvalue weighted by Crippen LogP contribution is -2.04. The summed E-state index contributed by atoms with van der Waals surface area (Å²) in [6.45, 7) is 0. The molecule has 0 aliphatic heterocycles. The molecule has 0 radical (unpaired) electrons. The number of imidazole rings is 1. The maximum Gasteiger partial charge on any atom is 0.356 e. The van der Waals surface area contributed by atoms with Crippen LogP contribution in [0.2, 0.25) is 0 Å². The summed E-state index contributed by atoms with van der Waals surface area (Å²) in [4.78, 5) is 25.3. The zero-order valence-electron chi connectivity index (χ0n) is 7.18. The molecule has 0 aliphatic rings. The molecule has 2 N–H and O–H groups in total. The Morgan fingerprint density at radius 2 is 2.36 bits per heavy atom. The van der Waals surface area contributed by atoms with Crippen LogP contribution in [0.25, 0.3) is 11.2 Å². The van der Waals surface area contributed by atoms with Gasteiger partial charge in [-0.1, -0.05) is 11.8 Å². The summed E-state index contributed by atoms with van der Waals surface area (Å²) < 4.78 is 0. The van der Waals surface area contributed by atoms with Gasteiger partial charge in [-0.25, -0.2) is 19.7 Å². The van der Waals surface area contributed by atoms with Gasteiger partial charge in [0.25, 0.3) is 0 Å². The van der Waals surface area contributed by atoms with Gasteiger partial charge in [-0.05, 0) is 6.26 Å². The minimum absolute atomic E-state index is 0.0446. The maximum absolute atomic E-state index is 10.8. The number of aromatic carboxylic acids is 1. The number of fused-ring (bicyclic) bond motifs is 1. The highest BCUT2D eigenvalue weighted by atomic mass is 32.2. The van der Waals surface area contributed by atoms with Crippen molar-refractivity contribution in [1.82, 2.24) is 19.9 Å². The zero-order valence-corrected chi connectivity index (χ0v) is 8.00. The summed E-state index contributed by atoms with van der Waals surface area (Å²) in [7, 11) is 0. The molecule has 2 aromatic rings. The van der Waals surface area contributed by atoms with Crippen molar-refractivity contribution < 1.29 is 9.90 Å². The Morgan fingerprint density at radius 3 is 3.00 bits per heavy atom. The first-order valence-electron chi connectivity index (χ1n) is 3.71. The van der Waals surface area contributed by atoms with Crippen LogP contribution >= 0.6 is 11.8 Å². The molecular formula is C7H6N4O2S. The molecule has 0 aromatic carbocycles. The highest BCUT2D eigenvalue weighted by Crippen LogP contribution is 2.16. The van der Waals surface area contributed by atoms with Crippen LogP contribution in [0.3, 0.4) is 0 Å².